The molecule has 0 saturated heterocycles. The van der Waals surface area contributed by atoms with Crippen molar-refractivity contribution in [3.8, 4) is 0 Å². The van der Waals surface area contributed by atoms with Crippen LogP contribution in [0.15, 0.2) is 48.5 Å². The van der Waals surface area contributed by atoms with Gasteiger partial charge in [0.25, 0.3) is 0 Å². The van der Waals surface area contributed by atoms with Crippen LogP contribution in [0, 0.1) is 5.92 Å². The molecule has 24 heavy (non-hydrogen) atoms. The maximum atomic E-state index is 12.9. The number of hydrogen-bond acceptors (Lipinski definition) is 0. The van der Waals surface area contributed by atoms with Crippen LogP contribution in [-0.4, -0.2) is 0 Å². The van der Waals surface area contributed by atoms with Crippen molar-refractivity contribution >= 4 is 0 Å². The van der Waals surface area contributed by atoms with Crippen molar-refractivity contribution in [2.45, 2.75) is 32.1 Å². The van der Waals surface area contributed by atoms with E-state index in [0.717, 1.165) is 24.3 Å². The number of alkyl halides is 6. The zero-order chi connectivity index (χ0) is 18.1. The third-order valence-corrected chi connectivity index (χ3v) is 3.81. The Labute approximate surface area is 136 Å². The predicted molar refractivity (Wildman–Crippen MR) is 79.6 cm³/mol. The molecule has 0 nitrogen and oxygen atoms in total. The molecule has 0 aromatic heterocycles. The van der Waals surface area contributed by atoms with E-state index in [2.05, 4.69) is 0 Å². The molecule has 0 unspecified atom stereocenters. The number of benzene rings is 2. The highest BCUT2D eigenvalue weighted by Crippen LogP contribution is 2.38. The minimum atomic E-state index is -4.49. The summed E-state index contributed by atoms with van der Waals surface area (Å²) in [6.07, 6.45) is -8.99. The van der Waals surface area contributed by atoms with Gasteiger partial charge >= 0.3 is 12.4 Å². The topological polar surface area (TPSA) is 0 Å². The first-order chi connectivity index (χ1) is 11.0. The van der Waals surface area contributed by atoms with Crippen molar-refractivity contribution in [2.75, 3.05) is 0 Å². The first-order valence-electron chi connectivity index (χ1n) is 7.34. The van der Waals surface area contributed by atoms with Crippen LogP contribution < -0.4 is 0 Å². The van der Waals surface area contributed by atoms with Crippen LogP contribution in [0.4, 0.5) is 26.3 Å². The molecular formula is C18H16F6. The van der Waals surface area contributed by atoms with Gasteiger partial charge in [-0.3, -0.25) is 0 Å². The third kappa shape index (κ3) is 4.10. The smallest absolute Gasteiger partial charge is 0.166 e. The van der Waals surface area contributed by atoms with Gasteiger partial charge in [0.2, 0.25) is 0 Å². The van der Waals surface area contributed by atoms with Crippen molar-refractivity contribution in [2.24, 2.45) is 5.92 Å². The third-order valence-electron chi connectivity index (χ3n) is 3.81. The summed E-state index contributed by atoms with van der Waals surface area (Å²) < 4.78 is 77.4. The van der Waals surface area contributed by atoms with E-state index < -0.39 is 29.4 Å². The Kier molecular flexibility index (Phi) is 4.97. The standard InChI is InChI=1S/C18H16F6/c1-11(2)16(12-5-3-7-14(9-12)17(19,20)21)13-6-4-8-15(10-13)18(22,23)24/h3-11,16H,1-2H3. The fraction of sp³-hybridized carbons (Fsp3) is 0.333. The molecule has 130 valence electrons. The molecular weight excluding hydrogens is 330 g/mol. The van der Waals surface area contributed by atoms with Gasteiger partial charge in [-0.2, -0.15) is 26.3 Å². The molecule has 0 bridgehead atoms. The Balaban J connectivity index is 2.52. The molecule has 0 saturated carbocycles. The molecule has 0 atom stereocenters. The number of halogens is 6. The van der Waals surface area contributed by atoms with Crippen LogP contribution in [0.1, 0.15) is 42.0 Å². The number of hydrogen-bond donors (Lipinski definition) is 0. The van der Waals surface area contributed by atoms with Gasteiger partial charge in [-0.05, 0) is 29.2 Å². The number of rotatable bonds is 3. The fourth-order valence-electron chi connectivity index (χ4n) is 2.78. The Morgan fingerprint density at radius 3 is 1.33 bits per heavy atom. The van der Waals surface area contributed by atoms with Crippen LogP contribution >= 0.6 is 0 Å². The highest BCUT2D eigenvalue weighted by atomic mass is 19.4. The van der Waals surface area contributed by atoms with E-state index in [-0.39, 0.29) is 5.92 Å². The zero-order valence-corrected chi connectivity index (χ0v) is 13.0. The maximum absolute atomic E-state index is 12.9. The summed E-state index contributed by atoms with van der Waals surface area (Å²) in [6.45, 7) is 3.54. The second-order valence-electron chi connectivity index (χ2n) is 5.97. The minimum absolute atomic E-state index is 0.169. The minimum Gasteiger partial charge on any atom is -0.166 e. The Morgan fingerprint density at radius 2 is 1.04 bits per heavy atom. The Hall–Kier alpha value is -1.98. The molecule has 2 aromatic rings. The molecule has 0 aliphatic carbocycles. The highest BCUT2D eigenvalue weighted by molar-refractivity contribution is 5.38. The van der Waals surface area contributed by atoms with Crippen LogP contribution in [-0.2, 0) is 12.4 Å². The molecule has 0 heterocycles. The van der Waals surface area contributed by atoms with Crippen molar-refractivity contribution in [3.63, 3.8) is 0 Å². The highest BCUT2D eigenvalue weighted by Gasteiger charge is 2.33. The van der Waals surface area contributed by atoms with Gasteiger partial charge in [0.15, 0.2) is 0 Å². The lowest BCUT2D eigenvalue weighted by molar-refractivity contribution is -0.138. The summed E-state index contributed by atoms with van der Waals surface area (Å²) in [5.74, 6) is -0.730. The summed E-state index contributed by atoms with van der Waals surface area (Å²) >= 11 is 0. The lowest BCUT2D eigenvalue weighted by Gasteiger charge is -2.24. The first-order valence-corrected chi connectivity index (χ1v) is 7.34. The van der Waals surface area contributed by atoms with E-state index in [4.69, 9.17) is 0 Å². The lowest BCUT2D eigenvalue weighted by Crippen LogP contribution is -2.13. The molecule has 0 fully saturated rings. The summed E-state index contributed by atoms with van der Waals surface area (Å²) in [5.41, 5.74) is -0.923. The summed E-state index contributed by atoms with van der Waals surface area (Å²) in [5, 5.41) is 0. The van der Waals surface area contributed by atoms with Gasteiger partial charge in [0, 0.05) is 5.92 Å². The second-order valence-corrected chi connectivity index (χ2v) is 5.97. The van der Waals surface area contributed by atoms with Gasteiger partial charge in [-0.15, -0.1) is 0 Å². The van der Waals surface area contributed by atoms with E-state index in [1.807, 2.05) is 0 Å². The van der Waals surface area contributed by atoms with E-state index in [1.54, 1.807) is 13.8 Å². The van der Waals surface area contributed by atoms with Gasteiger partial charge in [0.1, 0.15) is 0 Å². The summed E-state index contributed by atoms with van der Waals surface area (Å²) in [4.78, 5) is 0. The molecule has 0 amide bonds. The Morgan fingerprint density at radius 1 is 0.667 bits per heavy atom. The molecule has 0 spiro atoms. The molecule has 6 heteroatoms. The van der Waals surface area contributed by atoms with E-state index in [9.17, 15) is 26.3 Å². The van der Waals surface area contributed by atoms with Crippen molar-refractivity contribution in [1.29, 1.82) is 0 Å². The Bertz CT molecular complexity index is 640. The second kappa shape index (κ2) is 6.49. The zero-order valence-electron chi connectivity index (χ0n) is 13.0. The molecule has 0 aliphatic rings. The molecule has 0 aliphatic heterocycles. The van der Waals surface area contributed by atoms with Gasteiger partial charge < -0.3 is 0 Å². The summed E-state index contributed by atoms with van der Waals surface area (Å²) in [6, 6.07) is 9.50. The quantitative estimate of drug-likeness (QED) is 0.556. The molecule has 2 aromatic carbocycles. The monoisotopic (exact) mass is 346 g/mol. The van der Waals surface area contributed by atoms with Crippen molar-refractivity contribution in [3.05, 3.63) is 70.8 Å². The van der Waals surface area contributed by atoms with Crippen LogP contribution in [0.2, 0.25) is 0 Å². The molecule has 2 rings (SSSR count). The summed E-state index contributed by atoms with van der Waals surface area (Å²) in [7, 11) is 0. The average molecular weight is 346 g/mol. The van der Waals surface area contributed by atoms with Gasteiger partial charge in [-0.1, -0.05) is 50.2 Å². The fourth-order valence-corrected chi connectivity index (χ4v) is 2.78. The largest absolute Gasteiger partial charge is 0.416 e. The lowest BCUT2D eigenvalue weighted by atomic mass is 9.81. The SMILES string of the molecule is CC(C)C(c1cccc(C(F)(F)F)c1)c1cccc(C(F)(F)F)c1. The normalized spacial score (nSPS) is 12.9. The van der Waals surface area contributed by atoms with Crippen LogP contribution in [0.25, 0.3) is 0 Å². The van der Waals surface area contributed by atoms with Gasteiger partial charge in [0.05, 0.1) is 11.1 Å². The van der Waals surface area contributed by atoms with E-state index >= 15 is 0 Å². The van der Waals surface area contributed by atoms with E-state index in [1.165, 1.54) is 24.3 Å². The molecule has 0 radical (unpaired) electrons. The van der Waals surface area contributed by atoms with Crippen molar-refractivity contribution < 1.29 is 26.3 Å². The average Bonchev–Trinajstić information content (AvgIpc) is 2.46. The van der Waals surface area contributed by atoms with Crippen LogP contribution in [0.3, 0.4) is 0 Å². The van der Waals surface area contributed by atoms with Crippen molar-refractivity contribution in [1.82, 2.24) is 0 Å². The predicted octanol–water partition coefficient (Wildman–Crippen LogP) is 6.51. The van der Waals surface area contributed by atoms with Crippen LogP contribution in [0.5, 0.6) is 0 Å². The van der Waals surface area contributed by atoms with Gasteiger partial charge in [-0.25, -0.2) is 0 Å². The van der Waals surface area contributed by atoms with E-state index in [0.29, 0.717) is 11.1 Å². The first kappa shape index (κ1) is 18.4. The maximum Gasteiger partial charge on any atom is 0.416 e. The molecule has 0 N–H and O–H groups in total.